The Morgan fingerprint density at radius 1 is 1.14 bits per heavy atom. The van der Waals surface area contributed by atoms with Crippen molar-refractivity contribution >= 4 is 0 Å². The monoisotopic (exact) mass is 285 g/mol. The van der Waals surface area contributed by atoms with Crippen molar-refractivity contribution in [3.05, 3.63) is 53.9 Å². The van der Waals surface area contributed by atoms with Gasteiger partial charge in [0, 0.05) is 18.8 Å². The van der Waals surface area contributed by atoms with Gasteiger partial charge in [-0.25, -0.2) is 0 Å². The number of benzene rings is 1. The molecule has 2 rings (SSSR count). The summed E-state index contributed by atoms with van der Waals surface area (Å²) in [5.41, 5.74) is 2.54. The largest absolute Gasteiger partial charge is 0.311 e. The van der Waals surface area contributed by atoms with E-state index in [0.717, 1.165) is 31.6 Å². The van der Waals surface area contributed by atoms with Gasteiger partial charge < -0.3 is 5.32 Å². The summed E-state index contributed by atoms with van der Waals surface area (Å²) in [6.07, 6.45) is 4.34. The van der Waals surface area contributed by atoms with E-state index in [1.165, 1.54) is 5.56 Å². The molecule has 2 aromatic rings. The molecule has 0 fully saturated rings. The van der Waals surface area contributed by atoms with E-state index in [-0.39, 0.29) is 0 Å². The van der Waals surface area contributed by atoms with Gasteiger partial charge in [0.2, 0.25) is 0 Å². The summed E-state index contributed by atoms with van der Waals surface area (Å²) in [7, 11) is 0. The van der Waals surface area contributed by atoms with Crippen LogP contribution in [0.4, 0.5) is 0 Å². The summed E-state index contributed by atoms with van der Waals surface area (Å²) in [4.78, 5) is 0. The number of hydrogen-bond acceptors (Lipinski definition) is 2. The summed E-state index contributed by atoms with van der Waals surface area (Å²) in [6, 6.07) is 13.3. The maximum absolute atomic E-state index is 4.61. The van der Waals surface area contributed by atoms with Crippen LogP contribution in [0.25, 0.3) is 0 Å². The average molecular weight is 285 g/mol. The molecule has 1 aromatic heterocycles. The van der Waals surface area contributed by atoms with E-state index in [2.05, 4.69) is 78.5 Å². The van der Waals surface area contributed by atoms with Gasteiger partial charge in [0.15, 0.2) is 0 Å². The minimum absolute atomic E-state index is 0.483. The Kier molecular flexibility index (Phi) is 6.00. The second-order valence-electron chi connectivity index (χ2n) is 5.82. The van der Waals surface area contributed by atoms with Crippen LogP contribution < -0.4 is 5.32 Å². The van der Waals surface area contributed by atoms with Gasteiger partial charge in [-0.05, 0) is 43.9 Å². The van der Waals surface area contributed by atoms with Crippen molar-refractivity contribution in [1.29, 1.82) is 0 Å². The molecule has 0 bridgehead atoms. The summed E-state index contributed by atoms with van der Waals surface area (Å²) >= 11 is 0. The van der Waals surface area contributed by atoms with Gasteiger partial charge in [-0.2, -0.15) is 5.10 Å². The standard InChI is InChI=1S/C18H27N3/c1-4-16(3)21-13-11-18(20-21)14-19-12-10-15(2)17-8-6-5-7-9-17/h5-9,11,13,15-16,19H,4,10,12,14H2,1-3H3. The lowest BCUT2D eigenvalue weighted by Gasteiger charge is -2.12. The van der Waals surface area contributed by atoms with Gasteiger partial charge in [-0.3, -0.25) is 4.68 Å². The fraction of sp³-hybridized carbons (Fsp3) is 0.500. The van der Waals surface area contributed by atoms with Crippen molar-refractivity contribution in [3.8, 4) is 0 Å². The van der Waals surface area contributed by atoms with Crippen molar-refractivity contribution in [3.63, 3.8) is 0 Å². The first-order valence-corrected chi connectivity index (χ1v) is 8.00. The zero-order valence-corrected chi connectivity index (χ0v) is 13.4. The molecule has 0 saturated carbocycles. The summed E-state index contributed by atoms with van der Waals surface area (Å²) in [5.74, 6) is 0.594. The lowest BCUT2D eigenvalue weighted by molar-refractivity contribution is 0.470. The molecule has 2 atom stereocenters. The van der Waals surface area contributed by atoms with Crippen LogP contribution in [0, 0.1) is 0 Å². The molecule has 0 radical (unpaired) electrons. The summed E-state index contributed by atoms with van der Waals surface area (Å²) in [5, 5.41) is 8.11. The third kappa shape index (κ3) is 4.71. The van der Waals surface area contributed by atoms with Crippen LogP contribution in [0.2, 0.25) is 0 Å². The highest BCUT2D eigenvalue weighted by molar-refractivity contribution is 5.18. The predicted molar refractivity (Wildman–Crippen MR) is 88.4 cm³/mol. The molecule has 0 aliphatic carbocycles. The minimum atomic E-state index is 0.483. The van der Waals surface area contributed by atoms with Gasteiger partial charge in [-0.15, -0.1) is 0 Å². The molecule has 2 unspecified atom stereocenters. The molecule has 1 heterocycles. The van der Waals surface area contributed by atoms with Crippen LogP contribution in [0.3, 0.4) is 0 Å². The molecular formula is C18H27N3. The topological polar surface area (TPSA) is 29.9 Å². The highest BCUT2D eigenvalue weighted by atomic mass is 15.3. The maximum Gasteiger partial charge on any atom is 0.0762 e. The number of hydrogen-bond donors (Lipinski definition) is 1. The first-order chi connectivity index (χ1) is 10.2. The van der Waals surface area contributed by atoms with Gasteiger partial charge in [0.25, 0.3) is 0 Å². The lowest BCUT2D eigenvalue weighted by Crippen LogP contribution is -2.17. The van der Waals surface area contributed by atoms with Crippen molar-refractivity contribution < 1.29 is 0 Å². The number of rotatable bonds is 8. The molecule has 0 aliphatic heterocycles. The summed E-state index contributed by atoms with van der Waals surface area (Å²) in [6.45, 7) is 8.55. The molecule has 0 aliphatic rings. The maximum atomic E-state index is 4.61. The van der Waals surface area contributed by atoms with Gasteiger partial charge >= 0.3 is 0 Å². The smallest absolute Gasteiger partial charge is 0.0762 e. The van der Waals surface area contributed by atoms with E-state index in [4.69, 9.17) is 0 Å². The van der Waals surface area contributed by atoms with E-state index in [1.54, 1.807) is 0 Å². The molecule has 21 heavy (non-hydrogen) atoms. The Labute approximate surface area is 128 Å². The first kappa shape index (κ1) is 15.8. The quantitative estimate of drug-likeness (QED) is 0.739. The highest BCUT2D eigenvalue weighted by Gasteiger charge is 2.06. The van der Waals surface area contributed by atoms with Crippen molar-refractivity contribution in [2.45, 2.75) is 52.1 Å². The molecule has 0 saturated heterocycles. The molecule has 0 amide bonds. The fourth-order valence-corrected chi connectivity index (χ4v) is 2.39. The third-order valence-corrected chi connectivity index (χ3v) is 4.13. The van der Waals surface area contributed by atoms with Crippen molar-refractivity contribution in [1.82, 2.24) is 15.1 Å². The van der Waals surface area contributed by atoms with E-state index in [1.807, 2.05) is 0 Å². The van der Waals surface area contributed by atoms with Gasteiger partial charge in [-0.1, -0.05) is 44.2 Å². The van der Waals surface area contributed by atoms with Crippen molar-refractivity contribution in [2.24, 2.45) is 0 Å². The van der Waals surface area contributed by atoms with Crippen LogP contribution in [0.1, 0.15) is 56.8 Å². The zero-order chi connectivity index (χ0) is 15.1. The molecule has 3 heteroatoms. The molecule has 0 spiro atoms. The first-order valence-electron chi connectivity index (χ1n) is 8.00. The molecule has 3 nitrogen and oxygen atoms in total. The minimum Gasteiger partial charge on any atom is -0.311 e. The molecular weight excluding hydrogens is 258 g/mol. The van der Waals surface area contributed by atoms with Crippen LogP contribution in [0.15, 0.2) is 42.6 Å². The van der Waals surface area contributed by atoms with E-state index >= 15 is 0 Å². The van der Waals surface area contributed by atoms with Crippen LogP contribution in [-0.4, -0.2) is 16.3 Å². The SMILES string of the molecule is CCC(C)n1ccc(CNCCC(C)c2ccccc2)n1. The molecule has 114 valence electrons. The van der Waals surface area contributed by atoms with Crippen LogP contribution in [-0.2, 0) is 6.54 Å². The third-order valence-electron chi connectivity index (χ3n) is 4.13. The second-order valence-corrected chi connectivity index (χ2v) is 5.82. The van der Waals surface area contributed by atoms with Crippen LogP contribution in [0.5, 0.6) is 0 Å². The van der Waals surface area contributed by atoms with Crippen molar-refractivity contribution in [2.75, 3.05) is 6.54 Å². The fourth-order valence-electron chi connectivity index (χ4n) is 2.39. The van der Waals surface area contributed by atoms with Crippen LogP contribution >= 0.6 is 0 Å². The Morgan fingerprint density at radius 2 is 1.90 bits per heavy atom. The Bertz CT molecular complexity index is 518. The second kappa shape index (κ2) is 7.99. The Balaban J connectivity index is 1.71. The van der Waals surface area contributed by atoms with E-state index in [9.17, 15) is 0 Å². The molecule has 1 N–H and O–H groups in total. The Morgan fingerprint density at radius 3 is 2.62 bits per heavy atom. The normalized spacial score (nSPS) is 14.0. The lowest BCUT2D eigenvalue weighted by atomic mass is 9.98. The van der Waals surface area contributed by atoms with E-state index < -0.39 is 0 Å². The zero-order valence-electron chi connectivity index (χ0n) is 13.4. The molecule has 1 aromatic carbocycles. The highest BCUT2D eigenvalue weighted by Crippen LogP contribution is 2.17. The van der Waals surface area contributed by atoms with Gasteiger partial charge in [0.1, 0.15) is 0 Å². The number of aromatic nitrogens is 2. The average Bonchev–Trinajstić information content (AvgIpc) is 3.00. The van der Waals surface area contributed by atoms with Gasteiger partial charge in [0.05, 0.1) is 5.69 Å². The predicted octanol–water partition coefficient (Wildman–Crippen LogP) is 4.14. The summed E-state index contributed by atoms with van der Waals surface area (Å²) < 4.78 is 2.06. The van der Waals surface area contributed by atoms with E-state index in [0.29, 0.717) is 12.0 Å². The number of nitrogens with one attached hydrogen (secondary N) is 1. The Hall–Kier alpha value is -1.61. The number of nitrogens with zero attached hydrogens (tertiary/aromatic N) is 2.